The van der Waals surface area contributed by atoms with E-state index in [0.717, 1.165) is 53.0 Å². The van der Waals surface area contributed by atoms with Gasteiger partial charge in [-0.25, -0.2) is 0 Å². The Morgan fingerprint density at radius 3 is 2.76 bits per heavy atom. The predicted molar refractivity (Wildman–Crippen MR) is 135 cm³/mol. The molecule has 2 N–H and O–H groups in total. The van der Waals surface area contributed by atoms with Crippen molar-refractivity contribution in [2.75, 3.05) is 19.9 Å². The van der Waals surface area contributed by atoms with Gasteiger partial charge in [0, 0.05) is 30.8 Å². The topological polar surface area (TPSA) is 75.8 Å². The number of ether oxygens (including phenoxy) is 3. The number of hydrogen-bond acceptors (Lipinski definition) is 5. The summed E-state index contributed by atoms with van der Waals surface area (Å²) in [7, 11) is 0. The minimum Gasteiger partial charge on any atom is -0.454 e. The summed E-state index contributed by atoms with van der Waals surface area (Å²) in [6.07, 6.45) is 2.27. The second kappa shape index (κ2) is 9.64. The van der Waals surface area contributed by atoms with Crippen molar-refractivity contribution < 1.29 is 14.2 Å². The smallest absolute Gasteiger partial charge is 0.253 e. The number of aromatic amines is 1. The normalized spacial score (nSPS) is 16.7. The fourth-order valence-electron chi connectivity index (χ4n) is 4.42. The van der Waals surface area contributed by atoms with Crippen LogP contribution in [-0.4, -0.2) is 41.0 Å². The zero-order valence-electron chi connectivity index (χ0n) is 19.5. The molecule has 2 aliphatic rings. The van der Waals surface area contributed by atoms with E-state index >= 15 is 0 Å². The number of thiocarbonyl (C=S) groups is 1. The highest BCUT2D eigenvalue weighted by molar-refractivity contribution is 7.80. The lowest BCUT2D eigenvalue weighted by Crippen LogP contribution is -2.42. The number of rotatable bonds is 6. The van der Waals surface area contributed by atoms with Crippen LogP contribution in [0.15, 0.2) is 41.2 Å². The lowest BCUT2D eigenvalue weighted by atomic mass is 10.0. The summed E-state index contributed by atoms with van der Waals surface area (Å²) in [5, 5.41) is 4.96. The van der Waals surface area contributed by atoms with Gasteiger partial charge in [-0.15, -0.1) is 0 Å². The minimum atomic E-state index is -0.103. The number of nitrogens with zero attached hydrogens (tertiary/aromatic N) is 1. The molecule has 7 nitrogen and oxygen atoms in total. The zero-order valence-corrected chi connectivity index (χ0v) is 20.3. The molecular weight excluding hydrogens is 450 g/mol. The summed E-state index contributed by atoms with van der Waals surface area (Å²) in [6.45, 7) is 6.72. The van der Waals surface area contributed by atoms with E-state index in [1.54, 1.807) is 0 Å². The number of pyridine rings is 1. The van der Waals surface area contributed by atoms with Crippen LogP contribution in [-0.2, 0) is 17.8 Å². The van der Waals surface area contributed by atoms with E-state index in [0.29, 0.717) is 30.3 Å². The van der Waals surface area contributed by atoms with Crippen molar-refractivity contribution in [3.8, 4) is 11.5 Å². The van der Waals surface area contributed by atoms with E-state index in [-0.39, 0.29) is 18.5 Å². The molecule has 1 saturated heterocycles. The van der Waals surface area contributed by atoms with Crippen molar-refractivity contribution in [2.24, 2.45) is 0 Å². The maximum atomic E-state index is 13.0. The molecule has 8 heteroatoms. The van der Waals surface area contributed by atoms with E-state index in [2.05, 4.69) is 23.3 Å². The quantitative estimate of drug-likeness (QED) is 0.519. The SMILES string of the molecule is Cc1cc2cc(CN(Cc3ccc4c(c3)OCO4)C(=S)NC[C@H]3CCCO3)c(=O)[nH]c2cc1C. The highest BCUT2D eigenvalue weighted by Crippen LogP contribution is 2.33. The van der Waals surface area contributed by atoms with Crippen LogP contribution in [0.5, 0.6) is 11.5 Å². The first-order valence-corrected chi connectivity index (χ1v) is 12.0. The van der Waals surface area contributed by atoms with Gasteiger partial charge in [0.05, 0.1) is 12.6 Å². The third-order valence-corrected chi connectivity index (χ3v) is 6.90. The number of aryl methyl sites for hydroxylation is 2. The van der Waals surface area contributed by atoms with Crippen LogP contribution in [0.25, 0.3) is 10.9 Å². The van der Waals surface area contributed by atoms with Gasteiger partial charge in [0.15, 0.2) is 16.6 Å². The molecule has 2 aliphatic heterocycles. The van der Waals surface area contributed by atoms with Gasteiger partial charge in [0.1, 0.15) is 0 Å². The monoisotopic (exact) mass is 479 g/mol. The van der Waals surface area contributed by atoms with Gasteiger partial charge < -0.3 is 29.4 Å². The van der Waals surface area contributed by atoms with E-state index in [1.807, 2.05) is 42.2 Å². The first kappa shape index (κ1) is 22.7. The molecule has 1 fully saturated rings. The molecule has 2 aromatic carbocycles. The third kappa shape index (κ3) is 4.88. The second-order valence-corrected chi connectivity index (χ2v) is 9.40. The summed E-state index contributed by atoms with van der Waals surface area (Å²) in [4.78, 5) is 18.0. The molecule has 0 spiro atoms. The number of nitrogens with one attached hydrogen (secondary N) is 2. The van der Waals surface area contributed by atoms with Crippen molar-refractivity contribution in [2.45, 2.75) is 45.9 Å². The first-order chi connectivity index (χ1) is 16.5. The molecule has 34 heavy (non-hydrogen) atoms. The van der Waals surface area contributed by atoms with Gasteiger partial charge in [0.25, 0.3) is 5.56 Å². The van der Waals surface area contributed by atoms with E-state index < -0.39 is 0 Å². The maximum absolute atomic E-state index is 13.0. The number of benzene rings is 2. The Labute approximate surface area is 204 Å². The fourth-order valence-corrected chi connectivity index (χ4v) is 4.64. The van der Waals surface area contributed by atoms with Crippen LogP contribution in [0.1, 0.15) is 35.1 Å². The van der Waals surface area contributed by atoms with E-state index in [1.165, 1.54) is 5.56 Å². The highest BCUT2D eigenvalue weighted by Gasteiger charge is 2.20. The Kier molecular flexibility index (Phi) is 6.43. The van der Waals surface area contributed by atoms with E-state index in [4.69, 9.17) is 26.4 Å². The molecule has 0 aliphatic carbocycles. The number of fused-ring (bicyclic) bond motifs is 2. The van der Waals surface area contributed by atoms with Gasteiger partial charge in [-0.1, -0.05) is 6.07 Å². The molecule has 0 radical (unpaired) electrons. The molecule has 0 saturated carbocycles. The van der Waals surface area contributed by atoms with Crippen LogP contribution in [0.2, 0.25) is 0 Å². The Balaban J connectivity index is 1.41. The molecule has 1 aromatic heterocycles. The molecular formula is C26H29N3O4S. The molecule has 1 atom stereocenters. The summed E-state index contributed by atoms with van der Waals surface area (Å²) in [6, 6.07) is 12.0. The van der Waals surface area contributed by atoms with Crippen molar-refractivity contribution in [1.29, 1.82) is 0 Å². The van der Waals surface area contributed by atoms with Crippen LogP contribution in [0.3, 0.4) is 0 Å². The predicted octanol–water partition coefficient (Wildman–Crippen LogP) is 3.93. The van der Waals surface area contributed by atoms with Crippen LogP contribution < -0.4 is 20.3 Å². The lowest BCUT2D eigenvalue weighted by molar-refractivity contribution is 0.113. The summed E-state index contributed by atoms with van der Waals surface area (Å²) in [5.74, 6) is 1.47. The molecule has 0 bridgehead atoms. The third-order valence-electron chi connectivity index (χ3n) is 6.50. The zero-order chi connectivity index (χ0) is 23.7. The first-order valence-electron chi connectivity index (χ1n) is 11.6. The molecule has 0 amide bonds. The molecule has 5 rings (SSSR count). The Hall–Kier alpha value is -3.10. The van der Waals surface area contributed by atoms with Gasteiger partial charge in [-0.05, 0) is 91.3 Å². The van der Waals surface area contributed by atoms with Gasteiger partial charge in [0.2, 0.25) is 6.79 Å². The van der Waals surface area contributed by atoms with Crippen molar-refractivity contribution >= 4 is 28.2 Å². The Bertz CT molecular complexity index is 1280. The average Bonchev–Trinajstić information content (AvgIpc) is 3.50. The van der Waals surface area contributed by atoms with Crippen molar-refractivity contribution in [3.05, 3.63) is 69.0 Å². The Morgan fingerprint density at radius 2 is 1.94 bits per heavy atom. The number of hydrogen-bond donors (Lipinski definition) is 2. The number of H-pyrrole nitrogens is 1. The summed E-state index contributed by atoms with van der Waals surface area (Å²) >= 11 is 5.78. The second-order valence-electron chi connectivity index (χ2n) is 9.01. The fraction of sp³-hybridized carbons (Fsp3) is 0.385. The maximum Gasteiger partial charge on any atom is 0.253 e. The lowest BCUT2D eigenvalue weighted by Gasteiger charge is -2.27. The minimum absolute atomic E-state index is 0.103. The van der Waals surface area contributed by atoms with Gasteiger partial charge in [-0.2, -0.15) is 0 Å². The summed E-state index contributed by atoms with van der Waals surface area (Å²) in [5.41, 5.74) is 4.77. The van der Waals surface area contributed by atoms with Crippen molar-refractivity contribution in [3.63, 3.8) is 0 Å². The van der Waals surface area contributed by atoms with Crippen LogP contribution in [0.4, 0.5) is 0 Å². The molecule has 3 aromatic rings. The Morgan fingerprint density at radius 1 is 1.12 bits per heavy atom. The van der Waals surface area contributed by atoms with Gasteiger partial charge >= 0.3 is 0 Å². The molecule has 0 unspecified atom stereocenters. The van der Waals surface area contributed by atoms with E-state index in [9.17, 15) is 4.79 Å². The van der Waals surface area contributed by atoms with Crippen LogP contribution in [0, 0.1) is 13.8 Å². The summed E-state index contributed by atoms with van der Waals surface area (Å²) < 4.78 is 16.7. The molecule has 3 heterocycles. The standard InChI is InChI=1S/C26H29N3O4S/c1-16-8-19-11-20(25(30)28-22(19)9-17(16)2)14-29(26(34)27-12-21-4-3-7-31-21)13-18-5-6-23-24(10-18)33-15-32-23/h5-6,8-11,21H,3-4,7,12-15H2,1-2H3,(H,27,34)(H,28,30)/t21-/m1/s1. The van der Waals surface area contributed by atoms with Gasteiger partial charge in [-0.3, -0.25) is 4.79 Å². The largest absolute Gasteiger partial charge is 0.454 e. The number of aromatic nitrogens is 1. The highest BCUT2D eigenvalue weighted by atomic mass is 32.1. The van der Waals surface area contributed by atoms with Crippen molar-refractivity contribution in [1.82, 2.24) is 15.2 Å². The average molecular weight is 480 g/mol. The van der Waals surface area contributed by atoms with Crippen LogP contribution >= 0.6 is 12.2 Å². The molecule has 178 valence electrons.